The van der Waals surface area contributed by atoms with Gasteiger partial charge in [-0.05, 0) is 69.2 Å². The van der Waals surface area contributed by atoms with Crippen LogP contribution in [-0.4, -0.2) is 57.4 Å². The van der Waals surface area contributed by atoms with E-state index in [9.17, 15) is 35.7 Å². The lowest BCUT2D eigenvalue weighted by atomic mass is 9.93. The number of rotatable bonds is 13. The largest absolute Gasteiger partial charge is 0.456 e. The number of hydrogen-bond acceptors (Lipinski definition) is 7. The molecule has 0 saturated heterocycles. The van der Waals surface area contributed by atoms with Crippen molar-refractivity contribution in [3.8, 4) is 22.5 Å². The average Bonchev–Trinajstić information content (AvgIpc) is 3.09. The zero-order valence-electron chi connectivity index (χ0n) is 28.4. The molecule has 3 aromatic carbocycles. The zero-order chi connectivity index (χ0) is 37.3. The molecule has 0 saturated carbocycles. The van der Waals surface area contributed by atoms with Crippen molar-refractivity contribution in [3.05, 3.63) is 95.3 Å². The minimum absolute atomic E-state index is 0.0957. The van der Waals surface area contributed by atoms with Gasteiger partial charge < -0.3 is 19.1 Å². The fourth-order valence-corrected chi connectivity index (χ4v) is 8.78. The SMILES string of the molecule is CCN(CC)c1ccc2c(-c3ccc(S(=O)(=O)NCc4ccc(C(Br)P(=O)(O)O)cc4)cc3S(=O)(=O)O)c3ccc(=[N+](CC)CC)cc-3oc2c1. The van der Waals surface area contributed by atoms with Crippen molar-refractivity contribution in [3.63, 3.8) is 0 Å². The third-order valence-electron chi connectivity index (χ3n) is 8.77. The van der Waals surface area contributed by atoms with E-state index in [1.54, 1.807) is 0 Å². The lowest BCUT2D eigenvalue weighted by Gasteiger charge is -2.22. The molecule has 5 rings (SSSR count). The monoisotopic (exact) mass is 820 g/mol. The second-order valence-corrected chi connectivity index (χ2v) is 18.3. The van der Waals surface area contributed by atoms with Crippen LogP contribution in [0.3, 0.4) is 0 Å². The van der Waals surface area contributed by atoms with Crippen LogP contribution < -0.4 is 19.6 Å². The highest BCUT2D eigenvalue weighted by molar-refractivity contribution is 9.10. The molecule has 12 nitrogen and oxygen atoms in total. The molecule has 0 bridgehead atoms. The Morgan fingerprint density at radius 2 is 1.51 bits per heavy atom. The summed E-state index contributed by atoms with van der Waals surface area (Å²) in [6, 6.07) is 20.8. The minimum Gasteiger partial charge on any atom is -0.456 e. The summed E-state index contributed by atoms with van der Waals surface area (Å²) in [4.78, 5) is 20.0. The van der Waals surface area contributed by atoms with Gasteiger partial charge in [0.2, 0.25) is 15.4 Å². The quantitative estimate of drug-likeness (QED) is 0.0354. The van der Waals surface area contributed by atoms with Crippen molar-refractivity contribution in [2.75, 3.05) is 31.1 Å². The highest BCUT2D eigenvalue weighted by atomic mass is 79.9. The summed E-state index contributed by atoms with van der Waals surface area (Å²) in [6.07, 6.45) is 0. The van der Waals surface area contributed by atoms with Gasteiger partial charge in [-0.3, -0.25) is 9.12 Å². The molecule has 0 fully saturated rings. The molecule has 16 heteroatoms. The van der Waals surface area contributed by atoms with E-state index in [0.29, 0.717) is 39.0 Å². The lowest BCUT2D eigenvalue weighted by molar-refractivity contribution is 0.371. The number of fused-ring (bicyclic) bond motifs is 2. The van der Waals surface area contributed by atoms with Gasteiger partial charge in [-0.25, -0.2) is 17.7 Å². The molecule has 3 aromatic rings. The highest BCUT2D eigenvalue weighted by Crippen LogP contribution is 2.55. The maximum atomic E-state index is 13.5. The van der Waals surface area contributed by atoms with E-state index in [4.69, 9.17) is 4.42 Å². The van der Waals surface area contributed by atoms with Gasteiger partial charge in [-0.15, -0.1) is 0 Å². The normalized spacial score (nSPS) is 13.1. The molecular weight excluding hydrogens is 781 g/mol. The number of alkyl halides is 1. The van der Waals surface area contributed by atoms with Gasteiger partial charge in [0.1, 0.15) is 33.9 Å². The maximum Gasteiger partial charge on any atom is 0.343 e. The van der Waals surface area contributed by atoms with Crippen LogP contribution in [0.4, 0.5) is 5.69 Å². The molecule has 2 aliphatic rings. The number of nitrogens with one attached hydrogen (secondary N) is 1. The Kier molecular flexibility index (Phi) is 11.6. The van der Waals surface area contributed by atoms with Gasteiger partial charge >= 0.3 is 7.60 Å². The second-order valence-electron chi connectivity index (χ2n) is 11.8. The van der Waals surface area contributed by atoms with E-state index in [-0.39, 0.29) is 17.0 Å². The summed E-state index contributed by atoms with van der Waals surface area (Å²) in [5, 5.41) is 1.48. The van der Waals surface area contributed by atoms with E-state index >= 15 is 0 Å². The van der Waals surface area contributed by atoms with Crippen LogP contribution in [0.25, 0.3) is 33.4 Å². The molecule has 51 heavy (non-hydrogen) atoms. The molecule has 0 spiro atoms. The second kappa shape index (κ2) is 15.3. The zero-order valence-corrected chi connectivity index (χ0v) is 32.6. The van der Waals surface area contributed by atoms with Crippen molar-refractivity contribution in [1.29, 1.82) is 0 Å². The standard InChI is InChI=1S/C35H39BrN3O9PS2/c1-5-38(6-2)25-13-16-28-31(19-25)48-32-20-26(39(7-3)8-4)14-17-29(32)34(28)30-18-15-27(21-33(30)51(45,46)47)50(43,44)37-22-23-9-11-24(12-10-23)35(36)49(40,41)42/h9-21,35,37H,5-8,22H2,1-4H3,(H2-,40,41,42,45,46,47)/p+1. The molecule has 1 heterocycles. The summed E-state index contributed by atoms with van der Waals surface area (Å²) < 4.78 is 84.9. The highest BCUT2D eigenvalue weighted by Gasteiger charge is 2.29. The fourth-order valence-electron chi connectivity index (χ4n) is 6.07. The summed E-state index contributed by atoms with van der Waals surface area (Å²) in [6.45, 7) is 11.0. The van der Waals surface area contributed by atoms with Crippen LogP contribution in [0.15, 0.2) is 93.1 Å². The molecule has 272 valence electrons. The molecule has 1 aliphatic carbocycles. The summed E-state index contributed by atoms with van der Waals surface area (Å²) in [5.41, 5.74) is 3.31. The molecular formula is C35H40BrN3O9PS2+. The predicted molar refractivity (Wildman–Crippen MR) is 202 cm³/mol. The average molecular weight is 822 g/mol. The van der Waals surface area contributed by atoms with E-state index in [0.717, 1.165) is 43.3 Å². The van der Waals surface area contributed by atoms with Gasteiger partial charge in [0.15, 0.2) is 0 Å². The number of halogens is 1. The Morgan fingerprint density at radius 3 is 2.10 bits per heavy atom. The van der Waals surface area contributed by atoms with Gasteiger partial charge in [0, 0.05) is 59.5 Å². The van der Waals surface area contributed by atoms with Crippen LogP contribution in [0.1, 0.15) is 43.4 Å². The maximum absolute atomic E-state index is 13.5. The molecule has 0 radical (unpaired) electrons. The van der Waals surface area contributed by atoms with Gasteiger partial charge in [0.25, 0.3) is 10.1 Å². The Balaban J connectivity index is 1.64. The van der Waals surface area contributed by atoms with E-state index in [1.165, 1.54) is 36.4 Å². The molecule has 0 amide bonds. The Bertz CT molecular complexity index is 2380. The van der Waals surface area contributed by atoms with Crippen LogP contribution in [0.2, 0.25) is 0 Å². The molecule has 1 atom stereocenters. The number of anilines is 1. The molecule has 0 aromatic heterocycles. The Morgan fingerprint density at radius 1 is 0.863 bits per heavy atom. The Labute approximate surface area is 305 Å². The lowest BCUT2D eigenvalue weighted by Crippen LogP contribution is -2.29. The summed E-state index contributed by atoms with van der Waals surface area (Å²) >= 11 is 2.98. The van der Waals surface area contributed by atoms with E-state index < -0.39 is 37.2 Å². The summed E-state index contributed by atoms with van der Waals surface area (Å²) in [7, 11) is -13.7. The number of sulfonamides is 1. The summed E-state index contributed by atoms with van der Waals surface area (Å²) in [5.74, 6) is 0.483. The first-order valence-electron chi connectivity index (χ1n) is 16.3. The third-order valence-corrected chi connectivity index (χ3v) is 14.1. The number of benzene rings is 4. The number of nitrogens with zero attached hydrogens (tertiary/aromatic N) is 2. The van der Waals surface area contributed by atoms with Crippen molar-refractivity contribution in [2.45, 2.75) is 48.6 Å². The first kappa shape index (κ1) is 38.8. The van der Waals surface area contributed by atoms with Gasteiger partial charge in [-0.2, -0.15) is 8.42 Å². The predicted octanol–water partition coefficient (Wildman–Crippen LogP) is 6.16. The van der Waals surface area contributed by atoms with Gasteiger partial charge in [0.05, 0.1) is 11.0 Å². The van der Waals surface area contributed by atoms with Crippen molar-refractivity contribution in [1.82, 2.24) is 9.30 Å². The first-order chi connectivity index (χ1) is 24.0. The van der Waals surface area contributed by atoms with Crippen molar-refractivity contribution in [2.24, 2.45) is 0 Å². The van der Waals surface area contributed by atoms with Crippen LogP contribution >= 0.6 is 23.5 Å². The molecule has 1 aliphatic heterocycles. The third kappa shape index (κ3) is 8.31. The van der Waals surface area contributed by atoms with E-state index in [2.05, 4.69) is 30.1 Å². The van der Waals surface area contributed by atoms with Crippen molar-refractivity contribution >= 4 is 60.3 Å². The topological polar surface area (TPSA) is 177 Å². The van der Waals surface area contributed by atoms with Crippen molar-refractivity contribution < 1.29 is 40.2 Å². The van der Waals surface area contributed by atoms with Crippen LogP contribution in [0, 0.1) is 0 Å². The van der Waals surface area contributed by atoms with Crippen LogP contribution in [0.5, 0.6) is 0 Å². The number of hydrogen-bond donors (Lipinski definition) is 4. The first-order valence-corrected chi connectivity index (χ1v) is 21.8. The molecule has 1 unspecified atom stereocenters. The van der Waals surface area contributed by atoms with E-state index in [1.807, 2.05) is 64.1 Å². The Hall–Kier alpha value is -3.40. The van der Waals surface area contributed by atoms with Gasteiger partial charge in [-0.1, -0.05) is 46.3 Å². The molecule has 4 N–H and O–H groups in total. The smallest absolute Gasteiger partial charge is 0.343 e. The van der Waals surface area contributed by atoms with Crippen LogP contribution in [-0.2, 0) is 31.3 Å². The fraction of sp³-hybridized carbons (Fsp3) is 0.286. The minimum atomic E-state index is -4.96.